The highest BCUT2D eigenvalue weighted by Gasteiger charge is 2.34. The zero-order chi connectivity index (χ0) is 20.9. The number of nitrogens with zero attached hydrogens (tertiary/aromatic N) is 2. The molecule has 0 radical (unpaired) electrons. The maximum absolute atomic E-state index is 12.7. The quantitative estimate of drug-likeness (QED) is 0.689. The molecular formula is C18H22F3N3O4. The number of aryl methyl sites for hydroxylation is 2. The molecule has 0 bridgehead atoms. The van der Waals surface area contributed by atoms with Gasteiger partial charge in [-0.3, -0.25) is 9.48 Å². The first-order valence-electron chi connectivity index (χ1n) is 8.41. The fourth-order valence-corrected chi connectivity index (χ4v) is 2.68. The Morgan fingerprint density at radius 3 is 2.36 bits per heavy atom. The van der Waals surface area contributed by atoms with Crippen LogP contribution in [0.4, 0.5) is 13.2 Å². The van der Waals surface area contributed by atoms with Crippen LogP contribution in [0.15, 0.2) is 18.2 Å². The van der Waals surface area contributed by atoms with Crippen molar-refractivity contribution in [2.45, 2.75) is 26.1 Å². The highest BCUT2D eigenvalue weighted by molar-refractivity contribution is 5.98. The summed E-state index contributed by atoms with van der Waals surface area (Å²) in [6.07, 6.45) is -4.07. The standard InChI is InChI=1S/C18H22F3N3O4/c1-11-10-14(18(19,20)21)23-24(11)9-5-8-22-17(25)12-6-7-13(26-2)16(28-4)15(12)27-3/h6-7,10H,5,8-9H2,1-4H3,(H,22,25). The summed E-state index contributed by atoms with van der Waals surface area (Å²) in [6.45, 7) is 2.04. The van der Waals surface area contributed by atoms with Gasteiger partial charge >= 0.3 is 6.18 Å². The molecule has 0 aliphatic carbocycles. The average Bonchev–Trinajstić information content (AvgIpc) is 3.04. The second-order valence-electron chi connectivity index (χ2n) is 5.88. The molecule has 0 fully saturated rings. The minimum atomic E-state index is -4.48. The molecule has 2 aromatic rings. The Hall–Kier alpha value is -2.91. The van der Waals surface area contributed by atoms with Crippen LogP contribution in [0.1, 0.15) is 28.2 Å². The van der Waals surface area contributed by atoms with Gasteiger partial charge in [-0.1, -0.05) is 0 Å². The number of alkyl halides is 3. The van der Waals surface area contributed by atoms with Crippen LogP contribution in [0, 0.1) is 6.92 Å². The Balaban J connectivity index is 1.99. The second kappa shape index (κ2) is 8.85. The molecule has 0 atom stereocenters. The first kappa shape index (κ1) is 21.4. The van der Waals surface area contributed by atoms with Gasteiger partial charge in [0.05, 0.1) is 26.9 Å². The lowest BCUT2D eigenvalue weighted by atomic mass is 10.1. The number of ether oxygens (including phenoxy) is 3. The second-order valence-corrected chi connectivity index (χ2v) is 5.88. The van der Waals surface area contributed by atoms with Crippen molar-refractivity contribution < 1.29 is 32.2 Å². The Bertz CT molecular complexity index is 834. The molecular weight excluding hydrogens is 379 g/mol. The van der Waals surface area contributed by atoms with Crippen molar-refractivity contribution in [2.75, 3.05) is 27.9 Å². The third-order valence-corrected chi connectivity index (χ3v) is 4.05. The van der Waals surface area contributed by atoms with E-state index in [-0.39, 0.29) is 24.4 Å². The highest BCUT2D eigenvalue weighted by Crippen LogP contribution is 2.39. The van der Waals surface area contributed by atoms with E-state index < -0.39 is 17.8 Å². The molecule has 1 heterocycles. The molecule has 7 nitrogen and oxygen atoms in total. The van der Waals surface area contributed by atoms with Crippen molar-refractivity contribution in [1.82, 2.24) is 15.1 Å². The number of hydrogen-bond donors (Lipinski definition) is 1. The van der Waals surface area contributed by atoms with Crippen molar-refractivity contribution in [3.8, 4) is 17.2 Å². The number of amides is 1. The van der Waals surface area contributed by atoms with Crippen molar-refractivity contribution in [3.05, 3.63) is 35.2 Å². The number of hydrogen-bond acceptors (Lipinski definition) is 5. The van der Waals surface area contributed by atoms with Crippen LogP contribution in [-0.2, 0) is 12.7 Å². The fraction of sp³-hybridized carbons (Fsp3) is 0.444. The number of benzene rings is 1. The molecule has 0 saturated heterocycles. The molecule has 154 valence electrons. The van der Waals surface area contributed by atoms with Gasteiger partial charge in [0.2, 0.25) is 5.75 Å². The SMILES string of the molecule is COc1ccc(C(=O)NCCCn2nc(C(F)(F)F)cc2C)c(OC)c1OC. The predicted octanol–water partition coefficient (Wildman–Crippen LogP) is 3.06. The summed E-state index contributed by atoms with van der Waals surface area (Å²) in [5, 5.41) is 6.26. The largest absolute Gasteiger partial charge is 0.493 e. The van der Waals surface area contributed by atoms with Gasteiger partial charge in [-0.15, -0.1) is 0 Å². The lowest BCUT2D eigenvalue weighted by Crippen LogP contribution is -2.26. The normalized spacial score (nSPS) is 11.2. The van der Waals surface area contributed by atoms with E-state index in [2.05, 4.69) is 10.4 Å². The van der Waals surface area contributed by atoms with Gasteiger partial charge in [0.15, 0.2) is 17.2 Å². The maximum atomic E-state index is 12.7. The number of aromatic nitrogens is 2. The fourth-order valence-electron chi connectivity index (χ4n) is 2.68. The lowest BCUT2D eigenvalue weighted by molar-refractivity contribution is -0.141. The summed E-state index contributed by atoms with van der Waals surface area (Å²) in [7, 11) is 4.31. The number of methoxy groups -OCH3 is 3. The number of halogens is 3. The van der Waals surface area contributed by atoms with Crippen LogP contribution in [0.5, 0.6) is 17.2 Å². The zero-order valence-electron chi connectivity index (χ0n) is 16.0. The molecule has 0 aliphatic heterocycles. The topological polar surface area (TPSA) is 74.6 Å². The van der Waals surface area contributed by atoms with E-state index in [0.29, 0.717) is 23.6 Å². The Morgan fingerprint density at radius 2 is 1.82 bits per heavy atom. The minimum absolute atomic E-state index is 0.233. The van der Waals surface area contributed by atoms with Gasteiger partial charge < -0.3 is 19.5 Å². The number of rotatable bonds is 8. The average molecular weight is 401 g/mol. The molecule has 1 N–H and O–H groups in total. The summed E-state index contributed by atoms with van der Waals surface area (Å²) < 4.78 is 55.0. The number of carbonyl (C=O) groups excluding carboxylic acids is 1. The van der Waals surface area contributed by atoms with E-state index in [1.807, 2.05) is 0 Å². The molecule has 28 heavy (non-hydrogen) atoms. The van der Waals surface area contributed by atoms with E-state index in [0.717, 1.165) is 6.07 Å². The van der Waals surface area contributed by atoms with Gasteiger partial charge in [0, 0.05) is 18.8 Å². The van der Waals surface area contributed by atoms with Gasteiger partial charge in [-0.2, -0.15) is 18.3 Å². The van der Waals surface area contributed by atoms with Crippen LogP contribution < -0.4 is 19.5 Å². The van der Waals surface area contributed by atoms with Gasteiger partial charge in [0.25, 0.3) is 5.91 Å². The van der Waals surface area contributed by atoms with E-state index >= 15 is 0 Å². The summed E-state index contributed by atoms with van der Waals surface area (Å²) in [6, 6.07) is 4.12. The van der Waals surface area contributed by atoms with Crippen molar-refractivity contribution in [2.24, 2.45) is 0 Å². The van der Waals surface area contributed by atoms with Gasteiger partial charge in [-0.05, 0) is 31.5 Å². The molecule has 1 amide bonds. The zero-order valence-corrected chi connectivity index (χ0v) is 16.0. The van der Waals surface area contributed by atoms with E-state index in [9.17, 15) is 18.0 Å². The lowest BCUT2D eigenvalue weighted by Gasteiger charge is -2.15. The summed E-state index contributed by atoms with van der Waals surface area (Å²) in [4.78, 5) is 12.4. The molecule has 2 rings (SSSR count). The van der Waals surface area contributed by atoms with Crippen molar-refractivity contribution in [3.63, 3.8) is 0 Å². The van der Waals surface area contributed by atoms with E-state index in [4.69, 9.17) is 14.2 Å². The van der Waals surface area contributed by atoms with Crippen LogP contribution in [0.25, 0.3) is 0 Å². The Kier molecular flexibility index (Phi) is 6.76. The molecule has 1 aromatic carbocycles. The third-order valence-electron chi connectivity index (χ3n) is 4.05. The van der Waals surface area contributed by atoms with Crippen LogP contribution in [0.3, 0.4) is 0 Å². The van der Waals surface area contributed by atoms with E-state index in [1.165, 1.54) is 26.0 Å². The summed E-state index contributed by atoms with van der Waals surface area (Å²) in [5.41, 5.74) is -0.265. The first-order valence-corrected chi connectivity index (χ1v) is 8.41. The summed E-state index contributed by atoms with van der Waals surface area (Å²) in [5.74, 6) is 0.554. The summed E-state index contributed by atoms with van der Waals surface area (Å²) >= 11 is 0. The molecule has 10 heteroatoms. The highest BCUT2D eigenvalue weighted by atomic mass is 19.4. The Morgan fingerprint density at radius 1 is 1.14 bits per heavy atom. The molecule has 0 aliphatic rings. The Labute approximate surface area is 160 Å². The smallest absolute Gasteiger partial charge is 0.435 e. The van der Waals surface area contributed by atoms with Crippen LogP contribution in [-0.4, -0.2) is 43.6 Å². The van der Waals surface area contributed by atoms with Crippen LogP contribution >= 0.6 is 0 Å². The van der Waals surface area contributed by atoms with Gasteiger partial charge in [-0.25, -0.2) is 0 Å². The minimum Gasteiger partial charge on any atom is -0.493 e. The van der Waals surface area contributed by atoms with Gasteiger partial charge in [0.1, 0.15) is 0 Å². The predicted molar refractivity (Wildman–Crippen MR) is 95.0 cm³/mol. The number of carbonyl (C=O) groups is 1. The van der Waals surface area contributed by atoms with Crippen molar-refractivity contribution >= 4 is 5.91 Å². The van der Waals surface area contributed by atoms with E-state index in [1.54, 1.807) is 19.1 Å². The first-order chi connectivity index (χ1) is 13.2. The molecule has 0 spiro atoms. The van der Waals surface area contributed by atoms with Crippen LogP contribution in [0.2, 0.25) is 0 Å². The molecule has 0 unspecified atom stereocenters. The molecule has 1 aromatic heterocycles. The monoisotopic (exact) mass is 401 g/mol. The number of nitrogens with one attached hydrogen (secondary N) is 1. The molecule has 0 saturated carbocycles. The van der Waals surface area contributed by atoms with Crippen molar-refractivity contribution in [1.29, 1.82) is 0 Å². The third kappa shape index (κ3) is 4.68. The maximum Gasteiger partial charge on any atom is 0.435 e.